The van der Waals surface area contributed by atoms with E-state index in [0.29, 0.717) is 0 Å². The summed E-state index contributed by atoms with van der Waals surface area (Å²) in [4.78, 5) is -0.0821. The number of benzene rings is 1. The Kier molecular flexibility index (Phi) is 2.49. The Morgan fingerprint density at radius 2 is 2.20 bits per heavy atom. The third-order valence-corrected chi connectivity index (χ3v) is 3.85. The Morgan fingerprint density at radius 1 is 1.47 bits per heavy atom. The van der Waals surface area contributed by atoms with Crippen LogP contribution in [0.1, 0.15) is 12.6 Å². The molecule has 0 unspecified atom stereocenters. The van der Waals surface area contributed by atoms with Crippen LogP contribution in [0, 0.1) is 0 Å². The van der Waals surface area contributed by atoms with Crippen LogP contribution in [0.15, 0.2) is 23.1 Å². The lowest BCUT2D eigenvalue weighted by molar-refractivity contribution is 0.483. The second-order valence-corrected chi connectivity index (χ2v) is 5.34. The molecule has 6 heteroatoms. The van der Waals surface area contributed by atoms with Crippen LogP contribution in [-0.4, -0.2) is 17.3 Å². The molecule has 0 aliphatic rings. The molecule has 1 aromatic heterocycles. The van der Waals surface area contributed by atoms with Gasteiger partial charge >= 0.3 is 0 Å². The summed E-state index contributed by atoms with van der Waals surface area (Å²) < 4.78 is 35.6. The summed E-state index contributed by atoms with van der Waals surface area (Å²) in [6.07, 6.45) is 0.811. The van der Waals surface area contributed by atoms with Crippen LogP contribution in [0.3, 0.4) is 0 Å². The van der Waals surface area contributed by atoms with E-state index in [0.717, 1.165) is 22.2 Å². The number of fused-ring (bicyclic) bond motifs is 1. The van der Waals surface area contributed by atoms with E-state index in [-0.39, 0.29) is 4.90 Å². The zero-order chi connectivity index (χ0) is 11.1. The Balaban J connectivity index is 2.69. The predicted octanol–water partition coefficient (Wildman–Crippen LogP) is 2.11. The Hall–Kier alpha value is -0.980. The highest BCUT2D eigenvalue weighted by Crippen LogP contribution is 2.25. The average molecular weight is 243 g/mol. The highest BCUT2D eigenvalue weighted by molar-refractivity contribution is 7.85. The molecular formula is C9H9NO3S2. The Morgan fingerprint density at radius 3 is 2.80 bits per heavy atom. The number of aryl methyl sites for hydroxylation is 1. The molecule has 0 amide bonds. The van der Waals surface area contributed by atoms with Crippen molar-refractivity contribution < 1.29 is 13.0 Å². The van der Waals surface area contributed by atoms with Crippen LogP contribution in [0.5, 0.6) is 0 Å². The lowest BCUT2D eigenvalue weighted by atomic mass is 10.2. The van der Waals surface area contributed by atoms with E-state index in [1.54, 1.807) is 6.07 Å². The third kappa shape index (κ3) is 1.88. The lowest BCUT2D eigenvalue weighted by Crippen LogP contribution is -1.96. The van der Waals surface area contributed by atoms with E-state index < -0.39 is 10.1 Å². The first-order valence-corrected chi connectivity index (χ1v) is 6.59. The van der Waals surface area contributed by atoms with Crippen molar-refractivity contribution in [2.75, 3.05) is 0 Å². The molecule has 0 atom stereocenters. The maximum atomic E-state index is 10.9. The van der Waals surface area contributed by atoms with Crippen molar-refractivity contribution in [3.05, 3.63) is 23.9 Å². The minimum absolute atomic E-state index is 0.0821. The van der Waals surface area contributed by atoms with Crippen molar-refractivity contribution in [2.45, 2.75) is 18.2 Å². The van der Waals surface area contributed by atoms with Gasteiger partial charge in [-0.1, -0.05) is 13.0 Å². The molecular weight excluding hydrogens is 234 g/mol. The largest absolute Gasteiger partial charge is 0.294 e. The molecule has 0 radical (unpaired) electrons. The first-order chi connectivity index (χ1) is 7.02. The first-order valence-electron chi connectivity index (χ1n) is 4.38. The molecule has 0 aliphatic carbocycles. The molecule has 2 rings (SSSR count). The van der Waals surface area contributed by atoms with Gasteiger partial charge in [-0.15, -0.1) is 0 Å². The van der Waals surface area contributed by atoms with E-state index >= 15 is 0 Å². The van der Waals surface area contributed by atoms with Crippen molar-refractivity contribution in [3.63, 3.8) is 0 Å². The molecule has 0 saturated carbocycles. The van der Waals surface area contributed by atoms with Crippen molar-refractivity contribution in [1.29, 1.82) is 0 Å². The zero-order valence-corrected chi connectivity index (χ0v) is 9.60. The van der Waals surface area contributed by atoms with Crippen molar-refractivity contribution in [2.24, 2.45) is 0 Å². The number of hydrogen-bond donors (Lipinski definition) is 1. The fourth-order valence-electron chi connectivity index (χ4n) is 1.39. The molecule has 2 aromatic rings. The topological polar surface area (TPSA) is 67.3 Å². The second-order valence-electron chi connectivity index (χ2n) is 3.12. The van der Waals surface area contributed by atoms with Gasteiger partial charge < -0.3 is 0 Å². The minimum Gasteiger partial charge on any atom is -0.282 e. The van der Waals surface area contributed by atoms with Crippen LogP contribution < -0.4 is 0 Å². The van der Waals surface area contributed by atoms with E-state index in [1.807, 2.05) is 6.92 Å². The monoisotopic (exact) mass is 243 g/mol. The number of aromatic nitrogens is 1. The van der Waals surface area contributed by atoms with Crippen molar-refractivity contribution >= 4 is 31.7 Å². The molecule has 1 N–H and O–H groups in total. The average Bonchev–Trinajstić information content (AvgIpc) is 2.58. The van der Waals surface area contributed by atoms with Gasteiger partial charge in [0.1, 0.15) is 0 Å². The van der Waals surface area contributed by atoms with Gasteiger partial charge in [0.15, 0.2) is 0 Å². The molecule has 0 fully saturated rings. The van der Waals surface area contributed by atoms with Crippen LogP contribution in [0.2, 0.25) is 0 Å². The fourth-order valence-corrected chi connectivity index (χ4v) is 2.87. The predicted molar refractivity (Wildman–Crippen MR) is 58.8 cm³/mol. The smallest absolute Gasteiger partial charge is 0.282 e. The second kappa shape index (κ2) is 3.55. The van der Waals surface area contributed by atoms with Gasteiger partial charge in [0, 0.05) is 5.39 Å². The Labute approximate surface area is 91.5 Å². The molecule has 15 heavy (non-hydrogen) atoms. The van der Waals surface area contributed by atoms with Crippen LogP contribution in [-0.2, 0) is 16.5 Å². The number of nitrogens with zero attached hydrogens (tertiary/aromatic N) is 1. The van der Waals surface area contributed by atoms with E-state index in [9.17, 15) is 8.42 Å². The maximum Gasteiger partial charge on any atom is 0.294 e. The number of hydrogen-bond acceptors (Lipinski definition) is 4. The summed E-state index contributed by atoms with van der Waals surface area (Å²) in [6.45, 7) is 1.99. The summed E-state index contributed by atoms with van der Waals surface area (Å²) in [5.41, 5.74) is 0.955. The highest BCUT2D eigenvalue weighted by Gasteiger charge is 2.12. The molecule has 0 spiro atoms. The molecule has 1 heterocycles. The highest BCUT2D eigenvalue weighted by atomic mass is 32.2. The normalized spacial score (nSPS) is 12.1. The summed E-state index contributed by atoms with van der Waals surface area (Å²) >= 11 is 1.24. The standard InChI is InChI=1S/C9H9NO3S2/c1-2-8-7-4-3-6(15(11,12)13)5-9(7)14-10-8/h3-5H,2H2,1H3,(H,11,12,13). The van der Waals surface area contributed by atoms with Gasteiger partial charge in [-0.25, -0.2) is 0 Å². The van der Waals surface area contributed by atoms with E-state index in [1.165, 1.54) is 23.7 Å². The third-order valence-electron chi connectivity index (χ3n) is 2.15. The van der Waals surface area contributed by atoms with E-state index in [2.05, 4.69) is 4.37 Å². The molecule has 80 valence electrons. The Bertz CT molecular complexity index is 601. The fraction of sp³-hybridized carbons (Fsp3) is 0.222. The summed E-state index contributed by atoms with van der Waals surface area (Å²) in [5, 5.41) is 0.954. The maximum absolute atomic E-state index is 10.9. The van der Waals surface area contributed by atoms with Gasteiger partial charge in [0.25, 0.3) is 10.1 Å². The van der Waals surface area contributed by atoms with Crippen LogP contribution in [0.4, 0.5) is 0 Å². The zero-order valence-electron chi connectivity index (χ0n) is 7.97. The van der Waals surface area contributed by atoms with Crippen molar-refractivity contribution in [1.82, 2.24) is 4.37 Å². The first kappa shape index (κ1) is 10.5. The van der Waals surface area contributed by atoms with Gasteiger partial charge in [0.2, 0.25) is 0 Å². The molecule has 1 aromatic carbocycles. The number of rotatable bonds is 2. The van der Waals surface area contributed by atoms with Gasteiger partial charge in [0.05, 0.1) is 15.3 Å². The van der Waals surface area contributed by atoms with Crippen molar-refractivity contribution in [3.8, 4) is 0 Å². The molecule has 0 bridgehead atoms. The van der Waals surface area contributed by atoms with Gasteiger partial charge in [-0.05, 0) is 30.1 Å². The van der Waals surface area contributed by atoms with Gasteiger partial charge in [-0.3, -0.25) is 4.55 Å². The summed E-state index contributed by atoms with van der Waals surface area (Å²) in [5.74, 6) is 0. The summed E-state index contributed by atoms with van der Waals surface area (Å²) in [6, 6.07) is 4.52. The van der Waals surface area contributed by atoms with Crippen LogP contribution >= 0.6 is 11.5 Å². The summed E-state index contributed by atoms with van der Waals surface area (Å²) in [7, 11) is -4.11. The SMILES string of the molecule is CCc1nsc2cc(S(=O)(=O)O)ccc12. The quantitative estimate of drug-likeness (QED) is 0.820. The van der Waals surface area contributed by atoms with E-state index in [4.69, 9.17) is 4.55 Å². The lowest BCUT2D eigenvalue weighted by Gasteiger charge is -1.96. The molecule has 4 nitrogen and oxygen atoms in total. The molecule has 0 saturated heterocycles. The molecule has 0 aliphatic heterocycles. The minimum atomic E-state index is -4.11. The van der Waals surface area contributed by atoms with Crippen LogP contribution in [0.25, 0.3) is 10.1 Å². The van der Waals surface area contributed by atoms with Gasteiger partial charge in [-0.2, -0.15) is 12.8 Å².